The molecule has 0 aliphatic rings. The maximum atomic E-state index is 10.4. The van der Waals surface area contributed by atoms with E-state index in [1.807, 2.05) is 36.4 Å². The lowest BCUT2D eigenvalue weighted by Gasteiger charge is -2.16. The van der Waals surface area contributed by atoms with Gasteiger partial charge < -0.3 is 14.6 Å². The van der Waals surface area contributed by atoms with Crippen molar-refractivity contribution in [2.75, 3.05) is 14.2 Å². The van der Waals surface area contributed by atoms with Gasteiger partial charge in [-0.3, -0.25) is 0 Å². The molecule has 0 saturated heterocycles. The van der Waals surface area contributed by atoms with Crippen LogP contribution in [0.5, 0.6) is 11.5 Å². The smallest absolute Gasteiger partial charge is 0.161 e. The van der Waals surface area contributed by atoms with E-state index in [0.717, 1.165) is 11.1 Å². The molecule has 0 aliphatic carbocycles. The van der Waals surface area contributed by atoms with Gasteiger partial charge in [0.05, 0.1) is 14.2 Å². The molecule has 1 atom stereocenters. The van der Waals surface area contributed by atoms with Gasteiger partial charge in [-0.05, 0) is 30.7 Å². The summed E-state index contributed by atoms with van der Waals surface area (Å²) in [4.78, 5) is 0. The molecule has 3 nitrogen and oxygen atoms in total. The van der Waals surface area contributed by atoms with Crippen molar-refractivity contribution in [2.24, 2.45) is 0 Å². The number of hydrogen-bond donors (Lipinski definition) is 1. The van der Waals surface area contributed by atoms with Gasteiger partial charge in [0, 0.05) is 5.56 Å². The number of aliphatic hydroxyl groups is 1. The van der Waals surface area contributed by atoms with E-state index in [1.54, 1.807) is 33.3 Å². The first kappa shape index (κ1) is 15.0. The third-order valence-corrected chi connectivity index (χ3v) is 3.17. The third kappa shape index (κ3) is 3.56. The second-order valence-electron chi connectivity index (χ2n) is 4.76. The first-order chi connectivity index (χ1) is 10.1. The van der Waals surface area contributed by atoms with Crippen molar-refractivity contribution in [1.82, 2.24) is 0 Å². The number of methoxy groups -OCH3 is 2. The summed E-state index contributed by atoms with van der Waals surface area (Å²) in [6.45, 7) is 1.68. The molecule has 1 unspecified atom stereocenters. The molecule has 2 rings (SSSR count). The molecule has 0 heterocycles. The molecule has 3 heteroatoms. The van der Waals surface area contributed by atoms with Crippen molar-refractivity contribution >= 4 is 0 Å². The Morgan fingerprint density at radius 1 is 0.952 bits per heavy atom. The Kier molecular flexibility index (Phi) is 4.52. The summed E-state index contributed by atoms with van der Waals surface area (Å²) in [7, 11) is 3.17. The van der Waals surface area contributed by atoms with Crippen LogP contribution >= 0.6 is 0 Å². The summed E-state index contributed by atoms with van der Waals surface area (Å²) in [6.07, 6.45) is 0. The fourth-order valence-electron chi connectivity index (χ4n) is 1.94. The van der Waals surface area contributed by atoms with Crippen LogP contribution < -0.4 is 9.47 Å². The molecule has 0 spiro atoms. The minimum absolute atomic E-state index is 0.614. The Labute approximate surface area is 125 Å². The van der Waals surface area contributed by atoms with Crippen LogP contribution in [0.15, 0.2) is 48.5 Å². The lowest BCUT2D eigenvalue weighted by molar-refractivity contribution is 0.122. The largest absolute Gasteiger partial charge is 0.493 e. The van der Waals surface area contributed by atoms with Gasteiger partial charge in [-0.15, -0.1) is 0 Å². The van der Waals surface area contributed by atoms with Crippen molar-refractivity contribution in [3.63, 3.8) is 0 Å². The molecule has 1 N–H and O–H groups in total. The van der Waals surface area contributed by atoms with Gasteiger partial charge in [0.15, 0.2) is 11.5 Å². The van der Waals surface area contributed by atoms with Gasteiger partial charge in [0.2, 0.25) is 0 Å². The first-order valence-corrected chi connectivity index (χ1v) is 6.60. The lowest BCUT2D eigenvalue weighted by atomic mass is 9.96. The summed E-state index contributed by atoms with van der Waals surface area (Å²) in [5.41, 5.74) is 0.316. The molecule has 0 aromatic heterocycles. The molecule has 2 aromatic rings. The monoisotopic (exact) mass is 282 g/mol. The van der Waals surface area contributed by atoms with Gasteiger partial charge in [-0.1, -0.05) is 42.2 Å². The normalized spacial score (nSPS) is 12.8. The van der Waals surface area contributed by atoms with Crippen molar-refractivity contribution < 1.29 is 14.6 Å². The topological polar surface area (TPSA) is 38.7 Å². The molecule has 0 radical (unpaired) electrons. The fraction of sp³-hybridized carbons (Fsp3) is 0.222. The van der Waals surface area contributed by atoms with Gasteiger partial charge in [0.1, 0.15) is 5.60 Å². The summed E-state index contributed by atoms with van der Waals surface area (Å²) in [5, 5.41) is 10.4. The maximum absolute atomic E-state index is 10.4. The second-order valence-corrected chi connectivity index (χ2v) is 4.76. The van der Waals surface area contributed by atoms with E-state index < -0.39 is 5.60 Å². The van der Waals surface area contributed by atoms with Gasteiger partial charge in [0.25, 0.3) is 0 Å². The molecule has 0 bridgehead atoms. The van der Waals surface area contributed by atoms with Gasteiger partial charge >= 0.3 is 0 Å². The number of benzene rings is 2. The highest BCUT2D eigenvalue weighted by atomic mass is 16.5. The molecule has 21 heavy (non-hydrogen) atoms. The van der Waals surface area contributed by atoms with E-state index in [2.05, 4.69) is 11.8 Å². The van der Waals surface area contributed by atoms with Gasteiger partial charge in [-0.25, -0.2) is 0 Å². The van der Waals surface area contributed by atoms with Crippen LogP contribution in [0.4, 0.5) is 0 Å². The van der Waals surface area contributed by atoms with Crippen LogP contribution in [-0.2, 0) is 5.60 Å². The van der Waals surface area contributed by atoms with Crippen molar-refractivity contribution in [1.29, 1.82) is 0 Å². The highest BCUT2D eigenvalue weighted by Gasteiger charge is 2.19. The van der Waals surface area contributed by atoms with Crippen LogP contribution in [0.2, 0.25) is 0 Å². The third-order valence-electron chi connectivity index (χ3n) is 3.17. The molecular weight excluding hydrogens is 264 g/mol. The Balaban J connectivity index is 2.30. The minimum Gasteiger partial charge on any atom is -0.493 e. The Hall–Kier alpha value is -2.44. The summed E-state index contributed by atoms with van der Waals surface area (Å²) < 4.78 is 10.4. The first-order valence-electron chi connectivity index (χ1n) is 6.60. The lowest BCUT2D eigenvalue weighted by Crippen LogP contribution is -2.18. The van der Waals surface area contributed by atoms with Crippen LogP contribution in [0.3, 0.4) is 0 Å². The molecule has 0 amide bonds. The van der Waals surface area contributed by atoms with E-state index in [4.69, 9.17) is 9.47 Å². The summed E-state index contributed by atoms with van der Waals surface area (Å²) in [5.74, 6) is 7.13. The van der Waals surface area contributed by atoms with E-state index >= 15 is 0 Å². The van der Waals surface area contributed by atoms with Crippen LogP contribution in [0.25, 0.3) is 0 Å². The number of hydrogen-bond acceptors (Lipinski definition) is 3. The summed E-state index contributed by atoms with van der Waals surface area (Å²) in [6, 6.07) is 14.8. The van der Waals surface area contributed by atoms with Crippen molar-refractivity contribution in [2.45, 2.75) is 12.5 Å². The second kappa shape index (κ2) is 6.34. The van der Waals surface area contributed by atoms with Gasteiger partial charge in [-0.2, -0.15) is 0 Å². The summed E-state index contributed by atoms with van der Waals surface area (Å²) >= 11 is 0. The predicted octanol–water partition coefficient (Wildman–Crippen LogP) is 2.96. The molecular formula is C18H18O3. The number of ether oxygens (including phenoxy) is 2. The molecule has 2 aromatic carbocycles. The van der Waals surface area contributed by atoms with E-state index in [1.165, 1.54) is 0 Å². The Bertz CT molecular complexity index is 664. The van der Waals surface area contributed by atoms with Crippen molar-refractivity contribution in [3.05, 3.63) is 59.7 Å². The molecule has 0 fully saturated rings. The molecule has 0 saturated carbocycles. The molecule has 0 aliphatic heterocycles. The Morgan fingerprint density at radius 3 is 2.24 bits per heavy atom. The highest BCUT2D eigenvalue weighted by molar-refractivity contribution is 5.49. The predicted molar refractivity (Wildman–Crippen MR) is 82.4 cm³/mol. The van der Waals surface area contributed by atoms with E-state index in [9.17, 15) is 5.11 Å². The minimum atomic E-state index is -1.20. The van der Waals surface area contributed by atoms with Crippen LogP contribution in [0.1, 0.15) is 18.1 Å². The Morgan fingerprint density at radius 2 is 1.62 bits per heavy atom. The zero-order valence-corrected chi connectivity index (χ0v) is 12.4. The van der Waals surface area contributed by atoms with E-state index in [0.29, 0.717) is 11.5 Å². The standard InChI is InChI=1S/C18H18O3/c1-18(19,15-7-5-4-6-8-15)12-11-14-9-10-16(20-2)17(13-14)21-3/h4-10,13,19H,1-3H3. The average Bonchev–Trinajstić information content (AvgIpc) is 2.53. The zero-order chi connectivity index (χ0) is 15.3. The number of rotatable bonds is 3. The fourth-order valence-corrected chi connectivity index (χ4v) is 1.94. The van der Waals surface area contributed by atoms with Crippen molar-refractivity contribution in [3.8, 4) is 23.3 Å². The average molecular weight is 282 g/mol. The maximum Gasteiger partial charge on any atom is 0.161 e. The molecule has 108 valence electrons. The highest BCUT2D eigenvalue weighted by Crippen LogP contribution is 2.27. The zero-order valence-electron chi connectivity index (χ0n) is 12.4. The quantitative estimate of drug-likeness (QED) is 0.880. The SMILES string of the molecule is COc1ccc(C#CC(C)(O)c2ccccc2)cc1OC. The van der Waals surface area contributed by atoms with E-state index in [-0.39, 0.29) is 0 Å². The van der Waals surface area contributed by atoms with Crippen LogP contribution in [-0.4, -0.2) is 19.3 Å². The van der Waals surface area contributed by atoms with Crippen LogP contribution in [0, 0.1) is 11.8 Å².